The highest BCUT2D eigenvalue weighted by Gasteiger charge is 2.15. The van der Waals surface area contributed by atoms with Gasteiger partial charge in [0.15, 0.2) is 0 Å². The molecule has 0 aliphatic carbocycles. The van der Waals surface area contributed by atoms with Gasteiger partial charge in [0, 0.05) is 5.30 Å². The predicted octanol–water partition coefficient (Wildman–Crippen LogP) is 1.96. The van der Waals surface area contributed by atoms with Crippen LogP contribution in [0.25, 0.3) is 0 Å². The Morgan fingerprint density at radius 2 is 1.92 bits per heavy atom. The summed E-state index contributed by atoms with van der Waals surface area (Å²) in [6.45, 7) is 1.53. The molecule has 2 nitrogen and oxygen atoms in total. The van der Waals surface area contributed by atoms with Crippen molar-refractivity contribution in [2.45, 2.75) is 13.8 Å². The van der Waals surface area contributed by atoms with E-state index in [9.17, 15) is 4.89 Å². The Morgan fingerprint density at radius 1 is 1.38 bits per heavy atom. The molecule has 4 heteroatoms. The Morgan fingerprint density at radius 3 is 2.38 bits per heavy atom. The van der Waals surface area contributed by atoms with Gasteiger partial charge in [-0.3, -0.25) is 0 Å². The highest BCUT2D eigenvalue weighted by Crippen LogP contribution is 2.40. The molecule has 1 rings (SSSR count). The van der Waals surface area contributed by atoms with Gasteiger partial charge in [0.25, 0.3) is 0 Å². The van der Waals surface area contributed by atoms with Gasteiger partial charge in [-0.25, -0.2) is 0 Å². The van der Waals surface area contributed by atoms with Crippen LogP contribution in [0, 0.1) is 6.92 Å². The van der Waals surface area contributed by atoms with Crippen molar-refractivity contribution in [2.75, 3.05) is 6.61 Å². The van der Waals surface area contributed by atoms with Gasteiger partial charge < -0.3 is 9.42 Å². The molecule has 0 heterocycles. The Bertz CT molecular complexity index is 321. The maximum atomic E-state index is 9.78. The fourth-order valence-electron chi connectivity index (χ4n) is 0.983. The second-order valence-electron chi connectivity index (χ2n) is 2.77. The fraction of sp³-hybridized carbons (Fsp3) is 0.333. The smallest absolute Gasteiger partial charge is 0.216 e. The monoisotopic (exact) mass is 216 g/mol. The van der Waals surface area contributed by atoms with Gasteiger partial charge in [-0.05, 0) is 37.8 Å². The molecule has 0 radical (unpaired) electrons. The van der Waals surface area contributed by atoms with Crippen molar-refractivity contribution < 1.29 is 9.42 Å². The number of hydrogen-bond donors (Lipinski definition) is 1. The maximum absolute atomic E-state index is 9.78. The lowest BCUT2D eigenvalue weighted by molar-refractivity contribution is 0.335. The van der Waals surface area contributed by atoms with Crippen LogP contribution in [0.5, 0.6) is 0 Å². The normalized spacial score (nSPS) is 15.3. The van der Waals surface area contributed by atoms with Gasteiger partial charge in [-0.2, -0.15) is 0 Å². The number of benzene rings is 1. The largest absolute Gasteiger partial charge is 0.342 e. The average molecular weight is 216 g/mol. The standard InChI is InChI=1S/C9H13O2PS/c1-3-11-12(10,13)9-6-4-8(2)5-7-9/h4-7H,3H2,1-2H3,(H,10,13). The summed E-state index contributed by atoms with van der Waals surface area (Å²) in [5.74, 6) is 0. The lowest BCUT2D eigenvalue weighted by Crippen LogP contribution is -2.06. The Hall–Kier alpha value is -0.210. The minimum atomic E-state index is -2.73. The van der Waals surface area contributed by atoms with Crippen molar-refractivity contribution in [3.63, 3.8) is 0 Å². The van der Waals surface area contributed by atoms with Gasteiger partial charge in [0.2, 0.25) is 6.49 Å². The molecule has 0 saturated carbocycles. The van der Waals surface area contributed by atoms with E-state index in [0.717, 1.165) is 10.9 Å². The second-order valence-corrected chi connectivity index (χ2v) is 6.07. The molecule has 0 aliphatic heterocycles. The third-order valence-electron chi connectivity index (χ3n) is 1.66. The number of hydrogen-bond acceptors (Lipinski definition) is 2. The molecule has 0 amide bonds. The average Bonchev–Trinajstić information content (AvgIpc) is 2.05. The Kier molecular flexibility index (Phi) is 3.63. The van der Waals surface area contributed by atoms with Gasteiger partial charge >= 0.3 is 0 Å². The van der Waals surface area contributed by atoms with E-state index in [1.807, 2.05) is 38.1 Å². The minimum absolute atomic E-state index is 0.446. The lowest BCUT2D eigenvalue weighted by Gasteiger charge is -2.14. The minimum Gasteiger partial charge on any atom is -0.342 e. The summed E-state index contributed by atoms with van der Waals surface area (Å²) in [5, 5.41) is 0.718. The Labute approximate surface area is 83.7 Å². The Balaban J connectivity index is 2.94. The van der Waals surface area contributed by atoms with E-state index in [4.69, 9.17) is 16.3 Å². The van der Waals surface area contributed by atoms with Crippen LogP contribution in [0.2, 0.25) is 0 Å². The first-order valence-electron chi connectivity index (χ1n) is 4.11. The highest BCUT2D eigenvalue weighted by molar-refractivity contribution is 8.13. The van der Waals surface area contributed by atoms with Gasteiger partial charge in [0.05, 0.1) is 6.61 Å². The molecule has 13 heavy (non-hydrogen) atoms. The molecule has 72 valence electrons. The van der Waals surface area contributed by atoms with E-state index < -0.39 is 6.49 Å². The van der Waals surface area contributed by atoms with Crippen LogP contribution in [-0.4, -0.2) is 11.5 Å². The maximum Gasteiger partial charge on any atom is 0.216 e. The van der Waals surface area contributed by atoms with Crippen LogP contribution in [0.4, 0.5) is 0 Å². The molecule has 0 spiro atoms. The van der Waals surface area contributed by atoms with Gasteiger partial charge in [-0.1, -0.05) is 17.7 Å². The summed E-state index contributed by atoms with van der Waals surface area (Å²) in [5.41, 5.74) is 1.15. The first kappa shape index (κ1) is 10.9. The van der Waals surface area contributed by atoms with Crippen LogP contribution in [0.3, 0.4) is 0 Å². The van der Waals surface area contributed by atoms with Crippen molar-refractivity contribution in [1.82, 2.24) is 0 Å². The predicted molar refractivity (Wildman–Crippen MR) is 58.9 cm³/mol. The molecule has 0 fully saturated rings. The molecule has 0 bridgehead atoms. The van der Waals surface area contributed by atoms with Crippen LogP contribution in [0.1, 0.15) is 12.5 Å². The quantitative estimate of drug-likeness (QED) is 0.783. The van der Waals surface area contributed by atoms with Crippen molar-refractivity contribution in [3.05, 3.63) is 29.8 Å². The van der Waals surface area contributed by atoms with E-state index in [-0.39, 0.29) is 0 Å². The van der Waals surface area contributed by atoms with E-state index >= 15 is 0 Å². The third kappa shape index (κ3) is 2.89. The summed E-state index contributed by atoms with van der Waals surface area (Å²) in [6.07, 6.45) is 0. The van der Waals surface area contributed by atoms with E-state index in [1.54, 1.807) is 0 Å². The second kappa shape index (κ2) is 4.34. The molecule has 1 aromatic carbocycles. The first-order valence-corrected chi connectivity index (χ1v) is 6.78. The SMILES string of the molecule is CCOP(O)(=S)c1ccc(C)cc1. The van der Waals surface area contributed by atoms with E-state index in [1.165, 1.54) is 0 Å². The molecule has 0 saturated heterocycles. The topological polar surface area (TPSA) is 29.5 Å². The van der Waals surface area contributed by atoms with Crippen molar-refractivity contribution in [1.29, 1.82) is 0 Å². The summed E-state index contributed by atoms with van der Waals surface area (Å²) in [7, 11) is 0. The van der Waals surface area contributed by atoms with Crippen LogP contribution in [0.15, 0.2) is 24.3 Å². The summed E-state index contributed by atoms with van der Waals surface area (Å²) in [4.78, 5) is 9.78. The van der Waals surface area contributed by atoms with Gasteiger partial charge in [0.1, 0.15) is 0 Å². The van der Waals surface area contributed by atoms with Crippen molar-refractivity contribution in [2.24, 2.45) is 0 Å². The first-order chi connectivity index (χ1) is 6.06. The van der Waals surface area contributed by atoms with E-state index in [2.05, 4.69) is 0 Å². The third-order valence-corrected chi connectivity index (χ3v) is 4.17. The lowest BCUT2D eigenvalue weighted by atomic mass is 10.2. The van der Waals surface area contributed by atoms with Crippen LogP contribution in [-0.2, 0) is 16.3 Å². The highest BCUT2D eigenvalue weighted by atomic mass is 32.5. The number of aryl methyl sites for hydroxylation is 1. The molecule has 0 aliphatic rings. The van der Waals surface area contributed by atoms with Crippen LogP contribution < -0.4 is 5.30 Å². The summed E-state index contributed by atoms with van der Waals surface area (Å²) >= 11 is 5.00. The molecule has 1 unspecified atom stereocenters. The number of rotatable bonds is 3. The molecule has 0 aromatic heterocycles. The molecule has 1 N–H and O–H groups in total. The summed E-state index contributed by atoms with van der Waals surface area (Å²) < 4.78 is 5.14. The molecular formula is C9H13O2PS. The fourth-order valence-corrected chi connectivity index (χ4v) is 2.69. The zero-order valence-electron chi connectivity index (χ0n) is 7.73. The van der Waals surface area contributed by atoms with E-state index in [0.29, 0.717) is 6.61 Å². The zero-order valence-corrected chi connectivity index (χ0v) is 9.44. The van der Waals surface area contributed by atoms with Crippen molar-refractivity contribution in [3.8, 4) is 0 Å². The zero-order chi connectivity index (χ0) is 9.90. The molecule has 1 aromatic rings. The van der Waals surface area contributed by atoms with Gasteiger partial charge in [-0.15, -0.1) is 0 Å². The van der Waals surface area contributed by atoms with Crippen molar-refractivity contribution >= 4 is 23.6 Å². The summed E-state index contributed by atoms with van der Waals surface area (Å²) in [6, 6.07) is 7.49. The van der Waals surface area contributed by atoms with Crippen LogP contribution >= 0.6 is 6.49 Å². The molecule has 1 atom stereocenters. The molecular weight excluding hydrogens is 203 g/mol.